The molecule has 1 atom stereocenters. The highest BCUT2D eigenvalue weighted by Crippen LogP contribution is 2.11. The Morgan fingerprint density at radius 1 is 1.62 bits per heavy atom. The molecule has 1 aromatic heterocycles. The van der Waals surface area contributed by atoms with Crippen molar-refractivity contribution in [1.82, 2.24) is 4.98 Å². The first-order valence-corrected chi connectivity index (χ1v) is 5.12. The molecule has 1 heterocycles. The minimum Gasteiger partial charge on any atom is -0.463 e. The second-order valence-corrected chi connectivity index (χ2v) is 3.27. The SMILES string of the molecule is CCOC(=O)C(Nc1ccc(Cl)nc1)OC. The van der Waals surface area contributed by atoms with Gasteiger partial charge >= 0.3 is 5.97 Å². The first-order chi connectivity index (χ1) is 7.67. The largest absolute Gasteiger partial charge is 0.463 e. The molecule has 0 aromatic carbocycles. The van der Waals surface area contributed by atoms with E-state index in [4.69, 9.17) is 21.1 Å². The number of esters is 1. The average Bonchev–Trinajstić information content (AvgIpc) is 2.28. The van der Waals surface area contributed by atoms with E-state index in [-0.39, 0.29) is 0 Å². The summed E-state index contributed by atoms with van der Waals surface area (Å²) in [5.41, 5.74) is 0.629. The van der Waals surface area contributed by atoms with Crippen LogP contribution < -0.4 is 5.32 Å². The zero-order valence-electron chi connectivity index (χ0n) is 9.07. The number of nitrogens with zero attached hydrogens (tertiary/aromatic N) is 1. The van der Waals surface area contributed by atoms with E-state index in [1.807, 2.05) is 0 Å². The molecule has 5 nitrogen and oxygen atoms in total. The van der Waals surface area contributed by atoms with Gasteiger partial charge in [-0.2, -0.15) is 0 Å². The Hall–Kier alpha value is -1.33. The minimum absolute atomic E-state index is 0.305. The van der Waals surface area contributed by atoms with E-state index in [9.17, 15) is 4.79 Å². The van der Waals surface area contributed by atoms with Crippen molar-refractivity contribution in [3.8, 4) is 0 Å². The van der Waals surface area contributed by atoms with Gasteiger partial charge in [0.25, 0.3) is 0 Å². The molecule has 1 N–H and O–H groups in total. The molecular weight excluding hydrogens is 232 g/mol. The fourth-order valence-electron chi connectivity index (χ4n) is 1.04. The Balaban J connectivity index is 2.62. The van der Waals surface area contributed by atoms with Gasteiger partial charge in [-0.05, 0) is 19.1 Å². The number of hydrogen-bond acceptors (Lipinski definition) is 5. The van der Waals surface area contributed by atoms with Crippen LogP contribution in [0.2, 0.25) is 5.15 Å². The Labute approximate surface area is 98.7 Å². The molecule has 0 spiro atoms. The van der Waals surface area contributed by atoms with Gasteiger partial charge in [-0.25, -0.2) is 9.78 Å². The van der Waals surface area contributed by atoms with Crippen molar-refractivity contribution in [2.45, 2.75) is 13.2 Å². The monoisotopic (exact) mass is 244 g/mol. The third-order valence-electron chi connectivity index (χ3n) is 1.76. The number of carbonyl (C=O) groups excluding carboxylic acids is 1. The number of aromatic nitrogens is 1. The van der Waals surface area contributed by atoms with Crippen LogP contribution in [0, 0.1) is 0 Å². The number of hydrogen-bond donors (Lipinski definition) is 1. The van der Waals surface area contributed by atoms with Crippen LogP contribution >= 0.6 is 11.6 Å². The molecule has 0 fully saturated rings. The van der Waals surface area contributed by atoms with Gasteiger partial charge in [0, 0.05) is 7.11 Å². The van der Waals surface area contributed by atoms with E-state index in [1.54, 1.807) is 19.1 Å². The molecule has 0 aliphatic carbocycles. The smallest absolute Gasteiger partial charge is 0.356 e. The van der Waals surface area contributed by atoms with Crippen LogP contribution in [0.3, 0.4) is 0 Å². The van der Waals surface area contributed by atoms with Crippen LogP contribution in [0.1, 0.15) is 6.92 Å². The van der Waals surface area contributed by atoms with Crippen molar-refractivity contribution < 1.29 is 14.3 Å². The highest BCUT2D eigenvalue weighted by Gasteiger charge is 2.18. The highest BCUT2D eigenvalue weighted by molar-refractivity contribution is 6.29. The van der Waals surface area contributed by atoms with Crippen molar-refractivity contribution in [3.05, 3.63) is 23.5 Å². The second kappa shape index (κ2) is 6.30. The molecular formula is C10H13ClN2O3. The molecule has 0 saturated carbocycles. The topological polar surface area (TPSA) is 60.5 Å². The third kappa shape index (κ3) is 3.67. The number of carbonyl (C=O) groups is 1. The molecule has 0 saturated heterocycles. The fourth-order valence-corrected chi connectivity index (χ4v) is 1.16. The van der Waals surface area contributed by atoms with Gasteiger partial charge < -0.3 is 14.8 Å². The maximum absolute atomic E-state index is 11.4. The van der Waals surface area contributed by atoms with Crippen LogP contribution in [-0.4, -0.2) is 30.9 Å². The average molecular weight is 245 g/mol. The summed E-state index contributed by atoms with van der Waals surface area (Å²) < 4.78 is 9.77. The molecule has 1 aromatic rings. The Kier molecular flexibility index (Phi) is 5.01. The van der Waals surface area contributed by atoms with Crippen LogP contribution in [-0.2, 0) is 14.3 Å². The standard InChI is InChI=1S/C10H13ClN2O3/c1-3-16-10(14)9(15-2)13-7-4-5-8(11)12-6-7/h4-6,9,13H,3H2,1-2H3. The highest BCUT2D eigenvalue weighted by atomic mass is 35.5. The van der Waals surface area contributed by atoms with Crippen molar-refractivity contribution >= 4 is 23.3 Å². The predicted molar refractivity (Wildman–Crippen MR) is 60.3 cm³/mol. The first kappa shape index (κ1) is 12.7. The summed E-state index contributed by atoms with van der Waals surface area (Å²) in [6.07, 6.45) is 0.663. The molecule has 16 heavy (non-hydrogen) atoms. The summed E-state index contributed by atoms with van der Waals surface area (Å²) >= 11 is 5.63. The molecule has 0 amide bonds. The zero-order valence-corrected chi connectivity index (χ0v) is 9.82. The summed E-state index contributed by atoms with van der Waals surface area (Å²) in [5.74, 6) is -0.472. The summed E-state index contributed by atoms with van der Waals surface area (Å²) in [6, 6.07) is 3.31. The van der Waals surface area contributed by atoms with Gasteiger partial charge in [0.05, 0.1) is 18.5 Å². The third-order valence-corrected chi connectivity index (χ3v) is 1.99. The number of pyridine rings is 1. The second-order valence-electron chi connectivity index (χ2n) is 2.88. The van der Waals surface area contributed by atoms with E-state index in [1.165, 1.54) is 13.3 Å². The predicted octanol–water partition coefficient (Wildman–Crippen LogP) is 1.68. The fraction of sp³-hybridized carbons (Fsp3) is 0.400. The van der Waals surface area contributed by atoms with Crippen LogP contribution in [0.4, 0.5) is 5.69 Å². The van der Waals surface area contributed by atoms with Crippen molar-refractivity contribution in [2.75, 3.05) is 19.0 Å². The van der Waals surface area contributed by atoms with Gasteiger partial charge in [-0.15, -0.1) is 0 Å². The van der Waals surface area contributed by atoms with Crippen LogP contribution in [0.5, 0.6) is 0 Å². The zero-order chi connectivity index (χ0) is 12.0. The number of anilines is 1. The Morgan fingerprint density at radius 3 is 2.88 bits per heavy atom. The van der Waals surface area contributed by atoms with Crippen molar-refractivity contribution in [3.63, 3.8) is 0 Å². The van der Waals surface area contributed by atoms with Crippen molar-refractivity contribution in [2.24, 2.45) is 0 Å². The van der Waals surface area contributed by atoms with Gasteiger partial charge in [-0.1, -0.05) is 11.6 Å². The molecule has 0 bridgehead atoms. The lowest BCUT2D eigenvalue weighted by Crippen LogP contribution is -2.33. The first-order valence-electron chi connectivity index (χ1n) is 4.75. The molecule has 0 aliphatic rings. The number of nitrogens with one attached hydrogen (secondary N) is 1. The summed E-state index contributed by atoms with van der Waals surface area (Å²) in [6.45, 7) is 2.04. The normalized spacial score (nSPS) is 11.9. The number of ether oxygens (including phenoxy) is 2. The lowest BCUT2D eigenvalue weighted by Gasteiger charge is -2.16. The minimum atomic E-state index is -0.845. The Bertz CT molecular complexity index is 342. The van der Waals surface area contributed by atoms with Crippen molar-refractivity contribution in [1.29, 1.82) is 0 Å². The summed E-state index contributed by atoms with van der Waals surface area (Å²) in [4.78, 5) is 15.3. The van der Waals surface area contributed by atoms with Gasteiger partial charge in [-0.3, -0.25) is 0 Å². The van der Waals surface area contributed by atoms with E-state index >= 15 is 0 Å². The molecule has 0 radical (unpaired) electrons. The maximum atomic E-state index is 11.4. The lowest BCUT2D eigenvalue weighted by molar-refractivity contribution is -0.153. The van der Waals surface area contributed by atoms with Gasteiger partial charge in [0.15, 0.2) is 0 Å². The molecule has 0 aliphatic heterocycles. The lowest BCUT2D eigenvalue weighted by atomic mass is 10.4. The molecule has 1 unspecified atom stereocenters. The van der Waals surface area contributed by atoms with Gasteiger partial charge in [0.2, 0.25) is 6.23 Å². The Morgan fingerprint density at radius 2 is 2.38 bits per heavy atom. The molecule has 1 rings (SSSR count). The van der Waals surface area contributed by atoms with E-state index in [0.29, 0.717) is 17.4 Å². The van der Waals surface area contributed by atoms with Crippen LogP contribution in [0.15, 0.2) is 18.3 Å². The maximum Gasteiger partial charge on any atom is 0.356 e. The number of methoxy groups -OCH3 is 1. The van der Waals surface area contributed by atoms with Crippen LogP contribution in [0.25, 0.3) is 0 Å². The number of halogens is 1. The van der Waals surface area contributed by atoms with E-state index in [2.05, 4.69) is 10.3 Å². The van der Waals surface area contributed by atoms with Gasteiger partial charge in [0.1, 0.15) is 5.15 Å². The van der Waals surface area contributed by atoms with E-state index in [0.717, 1.165) is 0 Å². The molecule has 88 valence electrons. The quantitative estimate of drug-likeness (QED) is 0.485. The summed E-state index contributed by atoms with van der Waals surface area (Å²) in [5, 5.41) is 3.21. The van der Waals surface area contributed by atoms with E-state index < -0.39 is 12.2 Å². The number of rotatable bonds is 5. The summed E-state index contributed by atoms with van der Waals surface area (Å²) in [7, 11) is 1.41. The molecule has 6 heteroatoms.